The molecule has 1 rings (SSSR count). The summed E-state index contributed by atoms with van der Waals surface area (Å²) in [4.78, 5) is 0. The number of rotatable bonds is 17. The highest BCUT2D eigenvalue weighted by Gasteiger charge is 2.39. The molecule has 6 nitrogen and oxygen atoms in total. The molecule has 0 unspecified atom stereocenters. The van der Waals surface area contributed by atoms with Crippen LogP contribution < -0.4 is 14.7 Å². The molecule has 0 amide bonds. The minimum atomic E-state index is -2.36. The van der Waals surface area contributed by atoms with E-state index in [1.807, 2.05) is 39.0 Å². The maximum Gasteiger partial charge on any atom is 0.500 e. The van der Waals surface area contributed by atoms with Crippen LogP contribution in [-0.4, -0.2) is 59.7 Å². The van der Waals surface area contributed by atoms with Crippen molar-refractivity contribution >= 4 is 23.8 Å². The zero-order valence-electron chi connectivity index (χ0n) is 20.8. The van der Waals surface area contributed by atoms with E-state index in [0.29, 0.717) is 19.8 Å². The van der Waals surface area contributed by atoms with E-state index in [-0.39, 0.29) is 9.76 Å². The standard InChI is InChI=1S/C14H32O3Si.C9H12O3Si/c1-5-9-10-11-12-13-14-18(15-6-2,16-7-3)17-8-4;1-10-7-4-5-8(11-2)9(6-7)13-12-3/h5-14H2,1-4H3;4-6H,1-3H3. The number of methoxy groups -OCH3 is 2. The maximum absolute atomic E-state index is 5.83. The third kappa shape index (κ3) is 13.3. The largest absolute Gasteiger partial charge is 0.500 e. The summed E-state index contributed by atoms with van der Waals surface area (Å²) >= 11 is 0. The van der Waals surface area contributed by atoms with Gasteiger partial charge in [-0.1, -0.05) is 39.0 Å². The molecule has 0 bridgehead atoms. The van der Waals surface area contributed by atoms with Gasteiger partial charge in [-0.15, -0.1) is 0 Å². The van der Waals surface area contributed by atoms with E-state index in [4.69, 9.17) is 27.2 Å². The first-order valence-electron chi connectivity index (χ1n) is 11.5. The van der Waals surface area contributed by atoms with Crippen LogP contribution in [0.5, 0.6) is 11.5 Å². The molecule has 0 atom stereocenters. The normalized spacial score (nSPS) is 11.1. The molecule has 0 saturated heterocycles. The van der Waals surface area contributed by atoms with Gasteiger partial charge in [0.05, 0.1) is 14.2 Å². The Labute approximate surface area is 194 Å². The summed E-state index contributed by atoms with van der Waals surface area (Å²) in [6.45, 7) is 10.3. The summed E-state index contributed by atoms with van der Waals surface area (Å²) in [6, 6.07) is 6.62. The molecule has 1 aromatic carbocycles. The van der Waals surface area contributed by atoms with Crippen molar-refractivity contribution in [2.24, 2.45) is 0 Å². The Morgan fingerprint density at radius 3 is 1.81 bits per heavy atom. The van der Waals surface area contributed by atoms with Crippen molar-refractivity contribution < 1.29 is 27.2 Å². The van der Waals surface area contributed by atoms with Crippen molar-refractivity contribution in [3.63, 3.8) is 0 Å². The first-order valence-corrected chi connectivity index (χ1v) is 14.3. The van der Waals surface area contributed by atoms with Crippen molar-refractivity contribution in [2.75, 3.05) is 41.2 Å². The lowest BCUT2D eigenvalue weighted by atomic mass is 10.1. The highest BCUT2D eigenvalue weighted by molar-refractivity contribution is 6.60. The van der Waals surface area contributed by atoms with Crippen LogP contribution in [0.15, 0.2) is 18.2 Å². The second kappa shape index (κ2) is 19.8. The van der Waals surface area contributed by atoms with E-state index in [0.717, 1.165) is 29.2 Å². The van der Waals surface area contributed by atoms with Gasteiger partial charge < -0.3 is 27.2 Å². The first kappa shape index (κ1) is 30.1. The molecule has 1 aromatic rings. The summed E-state index contributed by atoms with van der Waals surface area (Å²) in [5.41, 5.74) is 0. The van der Waals surface area contributed by atoms with Gasteiger partial charge in [-0.05, 0) is 45.4 Å². The van der Waals surface area contributed by atoms with Crippen LogP contribution in [0.4, 0.5) is 0 Å². The summed E-state index contributed by atoms with van der Waals surface area (Å²) < 4.78 is 32.8. The Hall–Kier alpha value is -0.906. The van der Waals surface area contributed by atoms with Crippen LogP contribution in [0.2, 0.25) is 6.04 Å². The Balaban J connectivity index is 0.000000609. The molecule has 0 saturated carbocycles. The van der Waals surface area contributed by atoms with Crippen molar-refractivity contribution in [3.05, 3.63) is 18.2 Å². The van der Waals surface area contributed by atoms with Gasteiger partial charge in [-0.25, -0.2) is 0 Å². The summed E-state index contributed by atoms with van der Waals surface area (Å²) in [5.74, 6) is 1.65. The second-order valence-electron chi connectivity index (χ2n) is 6.87. The summed E-state index contributed by atoms with van der Waals surface area (Å²) in [7, 11) is 2.87. The average Bonchev–Trinajstić information content (AvgIpc) is 2.77. The highest BCUT2D eigenvalue weighted by atomic mass is 28.4. The third-order valence-electron chi connectivity index (χ3n) is 4.55. The highest BCUT2D eigenvalue weighted by Crippen LogP contribution is 2.20. The number of hydrogen-bond donors (Lipinski definition) is 0. The topological polar surface area (TPSA) is 55.4 Å². The van der Waals surface area contributed by atoms with Crippen LogP contribution in [0, 0.1) is 0 Å². The molecule has 0 fully saturated rings. The second-order valence-corrected chi connectivity index (χ2v) is 10.8. The van der Waals surface area contributed by atoms with E-state index in [1.165, 1.54) is 32.1 Å². The molecular weight excluding hydrogens is 428 g/mol. The van der Waals surface area contributed by atoms with Gasteiger partial charge in [0.15, 0.2) is 0 Å². The molecule has 180 valence electrons. The fourth-order valence-electron chi connectivity index (χ4n) is 3.13. The number of benzene rings is 1. The Bertz CT molecular complexity index is 528. The van der Waals surface area contributed by atoms with Crippen molar-refractivity contribution in [3.8, 4) is 11.5 Å². The molecule has 0 heterocycles. The molecule has 2 radical (unpaired) electrons. The van der Waals surface area contributed by atoms with E-state index in [1.54, 1.807) is 21.3 Å². The van der Waals surface area contributed by atoms with Crippen LogP contribution >= 0.6 is 0 Å². The lowest BCUT2D eigenvalue weighted by Crippen LogP contribution is -2.45. The van der Waals surface area contributed by atoms with Crippen molar-refractivity contribution in [1.29, 1.82) is 0 Å². The van der Waals surface area contributed by atoms with Gasteiger partial charge in [0, 0.05) is 38.2 Å². The lowest BCUT2D eigenvalue weighted by molar-refractivity contribution is 0.0706. The zero-order valence-corrected chi connectivity index (χ0v) is 22.8. The van der Waals surface area contributed by atoms with Crippen LogP contribution in [0.25, 0.3) is 0 Å². The van der Waals surface area contributed by atoms with Crippen LogP contribution in [0.3, 0.4) is 0 Å². The van der Waals surface area contributed by atoms with Crippen molar-refractivity contribution in [1.82, 2.24) is 0 Å². The monoisotopic (exact) mass is 472 g/mol. The van der Waals surface area contributed by atoms with Crippen molar-refractivity contribution in [2.45, 2.75) is 72.3 Å². The van der Waals surface area contributed by atoms with Crippen LogP contribution in [0.1, 0.15) is 66.2 Å². The molecule has 0 aliphatic rings. The number of hydrogen-bond acceptors (Lipinski definition) is 6. The quantitative estimate of drug-likeness (QED) is 0.235. The smallest absolute Gasteiger partial charge is 0.497 e. The molecule has 0 N–H and O–H groups in total. The molecule has 31 heavy (non-hydrogen) atoms. The Morgan fingerprint density at radius 2 is 1.32 bits per heavy atom. The van der Waals surface area contributed by atoms with E-state index < -0.39 is 8.80 Å². The SMILES string of the molecule is CCCCCCCC[Si](OCC)(OCC)OCC.CO[Si]c1cc(OC)ccc1OC. The predicted octanol–water partition coefficient (Wildman–Crippen LogP) is 4.99. The minimum absolute atomic E-state index is 0.287. The van der Waals surface area contributed by atoms with Crippen LogP contribution in [-0.2, 0) is 17.7 Å². The lowest BCUT2D eigenvalue weighted by Gasteiger charge is -2.28. The summed E-state index contributed by atoms with van der Waals surface area (Å²) in [6.07, 6.45) is 7.75. The molecule has 0 aliphatic carbocycles. The number of unbranched alkanes of at least 4 members (excludes halogenated alkanes) is 5. The molecule has 0 aliphatic heterocycles. The minimum Gasteiger partial charge on any atom is -0.497 e. The molecule has 0 aromatic heterocycles. The molecule has 0 spiro atoms. The molecular formula is C23H44O6Si2. The van der Waals surface area contributed by atoms with Gasteiger partial charge in [0.1, 0.15) is 11.5 Å². The van der Waals surface area contributed by atoms with E-state index in [2.05, 4.69) is 6.92 Å². The van der Waals surface area contributed by atoms with Gasteiger partial charge in [-0.3, -0.25) is 0 Å². The van der Waals surface area contributed by atoms with E-state index >= 15 is 0 Å². The first-order chi connectivity index (χ1) is 15.1. The Morgan fingerprint density at radius 1 is 0.742 bits per heavy atom. The van der Waals surface area contributed by atoms with Gasteiger partial charge in [-0.2, -0.15) is 0 Å². The zero-order chi connectivity index (χ0) is 23.4. The van der Waals surface area contributed by atoms with Gasteiger partial charge >= 0.3 is 8.80 Å². The maximum atomic E-state index is 5.83. The van der Waals surface area contributed by atoms with Gasteiger partial charge in [0.2, 0.25) is 0 Å². The summed E-state index contributed by atoms with van der Waals surface area (Å²) in [5, 5.41) is 1.02. The average molecular weight is 473 g/mol. The predicted molar refractivity (Wildman–Crippen MR) is 131 cm³/mol. The fourth-order valence-corrected chi connectivity index (χ4v) is 6.52. The Kier molecular flexibility index (Phi) is 19.2. The third-order valence-corrected chi connectivity index (χ3v) is 8.51. The number of ether oxygens (including phenoxy) is 2. The fraction of sp³-hybridized carbons (Fsp3) is 0.739. The van der Waals surface area contributed by atoms with Gasteiger partial charge in [0.25, 0.3) is 9.76 Å². The van der Waals surface area contributed by atoms with E-state index in [9.17, 15) is 0 Å². The molecule has 8 heteroatoms.